The summed E-state index contributed by atoms with van der Waals surface area (Å²) in [6, 6.07) is 2.25. The first-order chi connectivity index (χ1) is 13.5. The first-order valence-corrected chi connectivity index (χ1v) is 10.6. The fraction of sp³-hybridized carbons (Fsp3) is 0.250. The summed E-state index contributed by atoms with van der Waals surface area (Å²) in [5.74, 6) is -0.0712. The maximum Gasteiger partial charge on any atom is 0.433 e. The normalized spacial score (nSPS) is 12.9. The molecule has 0 spiro atoms. The molecule has 29 heavy (non-hydrogen) atoms. The van der Waals surface area contributed by atoms with Gasteiger partial charge in [-0.1, -0.05) is 6.92 Å². The highest BCUT2D eigenvalue weighted by molar-refractivity contribution is 9.10. The number of imidazole rings is 1. The predicted molar refractivity (Wildman–Crippen MR) is 101 cm³/mol. The number of halogens is 4. The van der Waals surface area contributed by atoms with E-state index in [1.807, 2.05) is 0 Å². The van der Waals surface area contributed by atoms with Crippen molar-refractivity contribution in [2.24, 2.45) is 7.05 Å². The van der Waals surface area contributed by atoms with E-state index in [-0.39, 0.29) is 38.8 Å². The first-order valence-electron chi connectivity index (χ1n) is 8.19. The lowest BCUT2D eigenvalue weighted by Gasteiger charge is -2.10. The molecule has 13 heteroatoms. The zero-order valence-corrected chi connectivity index (χ0v) is 17.3. The van der Waals surface area contributed by atoms with E-state index in [1.54, 1.807) is 7.05 Å². The van der Waals surface area contributed by atoms with E-state index in [0.717, 1.165) is 12.4 Å². The molecule has 4 rings (SSSR count). The zero-order valence-electron chi connectivity index (χ0n) is 14.9. The molecule has 0 bridgehead atoms. The molecule has 152 valence electrons. The monoisotopic (exact) mass is 488 g/mol. The Morgan fingerprint density at radius 1 is 1.21 bits per heavy atom. The number of rotatable bonds is 3. The average molecular weight is 489 g/mol. The van der Waals surface area contributed by atoms with Gasteiger partial charge in [0.1, 0.15) is 17.5 Å². The van der Waals surface area contributed by atoms with E-state index in [9.17, 15) is 21.6 Å². The van der Waals surface area contributed by atoms with E-state index in [1.165, 1.54) is 23.8 Å². The third kappa shape index (κ3) is 3.08. The van der Waals surface area contributed by atoms with Crippen LogP contribution in [0, 0.1) is 0 Å². The Labute approximate surface area is 170 Å². The van der Waals surface area contributed by atoms with Gasteiger partial charge in [-0.3, -0.25) is 4.98 Å². The summed E-state index contributed by atoms with van der Waals surface area (Å²) >= 11 is 3.20. The highest BCUT2D eigenvalue weighted by Crippen LogP contribution is 2.35. The Morgan fingerprint density at radius 2 is 1.93 bits per heavy atom. The molecule has 0 atom stereocenters. The quantitative estimate of drug-likeness (QED) is 0.439. The number of aromatic nitrogens is 6. The molecular formula is C16H12BrF3N6O2S. The van der Waals surface area contributed by atoms with Crippen molar-refractivity contribution in [1.82, 2.24) is 29.1 Å². The predicted octanol–water partition coefficient (Wildman–Crippen LogP) is 3.25. The van der Waals surface area contributed by atoms with Crippen molar-refractivity contribution in [3.63, 3.8) is 0 Å². The summed E-state index contributed by atoms with van der Waals surface area (Å²) in [6.45, 7) is 1.49. The van der Waals surface area contributed by atoms with Crippen LogP contribution in [0.4, 0.5) is 13.2 Å². The van der Waals surface area contributed by atoms with E-state index in [4.69, 9.17) is 0 Å². The summed E-state index contributed by atoms with van der Waals surface area (Å²) < 4.78 is 68.0. The summed E-state index contributed by atoms with van der Waals surface area (Å²) in [6.07, 6.45) is -2.26. The number of hydrogen-bond donors (Lipinski definition) is 0. The van der Waals surface area contributed by atoms with Crippen molar-refractivity contribution >= 4 is 42.4 Å². The Hall–Kier alpha value is -2.54. The van der Waals surface area contributed by atoms with E-state index < -0.39 is 21.7 Å². The Kier molecular flexibility index (Phi) is 4.42. The van der Waals surface area contributed by atoms with E-state index in [2.05, 4.69) is 36.0 Å². The third-order valence-electron chi connectivity index (χ3n) is 4.42. The van der Waals surface area contributed by atoms with Gasteiger partial charge in [-0.15, -0.1) is 0 Å². The fourth-order valence-electron chi connectivity index (χ4n) is 3.05. The van der Waals surface area contributed by atoms with Gasteiger partial charge in [0.2, 0.25) is 0 Å². The molecule has 4 aromatic heterocycles. The molecule has 4 aromatic rings. The molecule has 0 amide bonds. The van der Waals surface area contributed by atoms with Crippen LogP contribution < -0.4 is 0 Å². The van der Waals surface area contributed by atoms with Crippen LogP contribution in [0.25, 0.3) is 28.2 Å². The van der Waals surface area contributed by atoms with E-state index >= 15 is 0 Å². The minimum atomic E-state index is -4.68. The van der Waals surface area contributed by atoms with Crippen LogP contribution in [0.1, 0.15) is 12.6 Å². The molecule has 0 N–H and O–H groups in total. The molecule has 0 aliphatic rings. The molecule has 0 aliphatic carbocycles. The standard InChI is InChI=1S/C16H12BrF3N6O2S/c1-3-29(27,28)10-4-8(17)6-21-12(10)14-24-9-5-11(16(18,19)20)26-15(22-7-23-26)13(9)25(14)2/h4-7H,3H2,1-2H3. The molecule has 0 fully saturated rings. The second-order valence-electron chi connectivity index (χ2n) is 6.15. The SMILES string of the molecule is CCS(=O)(=O)c1cc(Br)cnc1-c1nc2cc(C(F)(F)F)n3ncnc3c2n1C. The van der Waals surface area contributed by atoms with Gasteiger partial charge in [0.25, 0.3) is 0 Å². The van der Waals surface area contributed by atoms with Gasteiger partial charge >= 0.3 is 6.18 Å². The second kappa shape index (κ2) is 6.49. The number of hydrogen-bond acceptors (Lipinski definition) is 6. The first kappa shape index (κ1) is 19.8. The molecule has 0 aliphatic heterocycles. The highest BCUT2D eigenvalue weighted by Gasteiger charge is 2.36. The minimum absolute atomic E-state index is 0.000102. The van der Waals surface area contributed by atoms with Crippen LogP contribution in [0.15, 0.2) is 34.0 Å². The van der Waals surface area contributed by atoms with Gasteiger partial charge in [0, 0.05) is 17.7 Å². The topological polar surface area (TPSA) is 95.0 Å². The molecule has 0 radical (unpaired) electrons. The molecule has 4 heterocycles. The Morgan fingerprint density at radius 3 is 2.59 bits per heavy atom. The third-order valence-corrected chi connectivity index (χ3v) is 6.60. The largest absolute Gasteiger partial charge is 0.433 e. The van der Waals surface area contributed by atoms with Crippen LogP contribution in [-0.4, -0.2) is 43.3 Å². The number of sulfone groups is 1. The zero-order chi connectivity index (χ0) is 21.1. The van der Waals surface area contributed by atoms with Gasteiger partial charge in [-0.05, 0) is 28.1 Å². The van der Waals surface area contributed by atoms with Gasteiger partial charge in [0.15, 0.2) is 27.0 Å². The average Bonchev–Trinajstić information content (AvgIpc) is 3.24. The van der Waals surface area contributed by atoms with Gasteiger partial charge < -0.3 is 4.57 Å². The van der Waals surface area contributed by atoms with Gasteiger partial charge in [-0.25, -0.2) is 22.9 Å². The van der Waals surface area contributed by atoms with Crippen LogP contribution in [0.3, 0.4) is 0 Å². The van der Waals surface area contributed by atoms with Crippen LogP contribution in [0.2, 0.25) is 0 Å². The summed E-state index contributed by atoms with van der Waals surface area (Å²) in [7, 11) is -2.12. The molecule has 0 saturated carbocycles. The second-order valence-corrected chi connectivity index (χ2v) is 9.32. The van der Waals surface area contributed by atoms with Gasteiger partial charge in [-0.2, -0.15) is 18.3 Å². The van der Waals surface area contributed by atoms with Gasteiger partial charge in [0.05, 0.1) is 16.2 Å². The number of fused-ring (bicyclic) bond motifs is 3. The molecular weight excluding hydrogens is 477 g/mol. The lowest BCUT2D eigenvalue weighted by atomic mass is 10.3. The van der Waals surface area contributed by atoms with E-state index in [0.29, 0.717) is 8.99 Å². The summed E-state index contributed by atoms with van der Waals surface area (Å²) in [4.78, 5) is 12.3. The smallest absolute Gasteiger partial charge is 0.323 e. The maximum absolute atomic E-state index is 13.4. The molecule has 0 aromatic carbocycles. The lowest BCUT2D eigenvalue weighted by molar-refractivity contribution is -0.142. The number of aryl methyl sites for hydroxylation is 1. The number of nitrogens with zero attached hydrogens (tertiary/aromatic N) is 6. The van der Waals surface area contributed by atoms with Crippen molar-refractivity contribution in [3.05, 3.63) is 34.8 Å². The van der Waals surface area contributed by atoms with Crippen LogP contribution in [0.5, 0.6) is 0 Å². The molecule has 0 saturated heterocycles. The molecule has 8 nitrogen and oxygen atoms in total. The van der Waals surface area contributed by atoms with Crippen LogP contribution in [-0.2, 0) is 23.1 Å². The molecule has 0 unspecified atom stereocenters. The van der Waals surface area contributed by atoms with Crippen molar-refractivity contribution in [1.29, 1.82) is 0 Å². The van der Waals surface area contributed by atoms with Crippen molar-refractivity contribution in [3.8, 4) is 11.5 Å². The van der Waals surface area contributed by atoms with Crippen molar-refractivity contribution in [2.45, 2.75) is 18.0 Å². The lowest BCUT2D eigenvalue weighted by Crippen LogP contribution is -2.13. The summed E-state index contributed by atoms with van der Waals surface area (Å²) in [5, 5.41) is 3.67. The van der Waals surface area contributed by atoms with Crippen LogP contribution >= 0.6 is 15.9 Å². The summed E-state index contributed by atoms with van der Waals surface area (Å²) in [5.41, 5.74) is -0.768. The maximum atomic E-state index is 13.4. The minimum Gasteiger partial charge on any atom is -0.323 e. The number of alkyl halides is 3. The van der Waals surface area contributed by atoms with Crippen molar-refractivity contribution < 1.29 is 21.6 Å². The Bertz CT molecular complexity index is 1380. The van der Waals surface area contributed by atoms with Crippen molar-refractivity contribution in [2.75, 3.05) is 5.75 Å². The number of pyridine rings is 2. The Balaban J connectivity index is 2.10. The highest BCUT2D eigenvalue weighted by atomic mass is 79.9. The fourth-order valence-corrected chi connectivity index (χ4v) is 4.59.